The van der Waals surface area contributed by atoms with E-state index in [1.54, 1.807) is 16.7 Å². The molecular weight excluding hydrogens is 130 g/mol. The van der Waals surface area contributed by atoms with E-state index in [0.717, 1.165) is 0 Å². The third-order valence-electron chi connectivity index (χ3n) is 1.44. The third kappa shape index (κ3) is 0.452. The van der Waals surface area contributed by atoms with E-state index >= 15 is 0 Å². The molecule has 2 rings (SSSR count). The van der Waals surface area contributed by atoms with Gasteiger partial charge in [0, 0.05) is 12.3 Å². The largest absolute Gasteiger partial charge is 0.421 e. The van der Waals surface area contributed by atoms with Crippen molar-refractivity contribution in [3.05, 3.63) is 18.3 Å². The van der Waals surface area contributed by atoms with Crippen molar-refractivity contribution in [3.63, 3.8) is 0 Å². The Hall–Kier alpha value is -1.58. The Labute approximate surface area is 57.0 Å². The van der Waals surface area contributed by atoms with Gasteiger partial charge in [-0.05, 0) is 6.07 Å². The molecule has 0 bridgehead atoms. The van der Waals surface area contributed by atoms with E-state index in [-0.39, 0.29) is 5.88 Å². The molecule has 0 aliphatic carbocycles. The van der Waals surface area contributed by atoms with Gasteiger partial charge in [0.05, 0.1) is 0 Å². The van der Waals surface area contributed by atoms with Crippen LogP contribution in [0.1, 0.15) is 0 Å². The van der Waals surface area contributed by atoms with Crippen LogP contribution in [0, 0.1) is 0 Å². The number of oxazole rings is 1. The molecule has 0 fully saturated rings. The van der Waals surface area contributed by atoms with E-state index in [1.165, 1.54) is 0 Å². The number of nitrogens with two attached hydrogens (primary N) is 2. The van der Waals surface area contributed by atoms with Crippen molar-refractivity contribution in [3.8, 4) is 0 Å². The fraction of sp³-hybridized carbons (Fsp3) is 0. The molecule has 2 aromatic heterocycles. The highest BCUT2D eigenvalue weighted by molar-refractivity contribution is 5.59. The Morgan fingerprint density at radius 1 is 1.40 bits per heavy atom. The summed E-state index contributed by atoms with van der Waals surface area (Å²) >= 11 is 0. The molecule has 0 saturated carbocycles. The molecular formula is C6H7N3O. The fourth-order valence-corrected chi connectivity index (χ4v) is 0.931. The normalized spacial score (nSPS) is 10.8. The second kappa shape index (κ2) is 1.47. The maximum absolute atomic E-state index is 5.53. The molecule has 0 amide bonds. The van der Waals surface area contributed by atoms with Crippen molar-refractivity contribution < 1.29 is 4.42 Å². The average molecular weight is 137 g/mol. The molecule has 0 atom stereocenters. The lowest BCUT2D eigenvalue weighted by atomic mass is 10.7. The highest BCUT2D eigenvalue weighted by Gasteiger charge is 2.04. The summed E-state index contributed by atoms with van der Waals surface area (Å²) in [5.74, 6) is 0.732. The maximum Gasteiger partial charge on any atom is 0.234 e. The Morgan fingerprint density at radius 2 is 2.20 bits per heavy atom. The number of nitrogen functional groups attached to an aromatic ring is 2. The zero-order valence-corrected chi connectivity index (χ0v) is 5.24. The zero-order valence-electron chi connectivity index (χ0n) is 5.24. The van der Waals surface area contributed by atoms with Crippen molar-refractivity contribution in [2.45, 2.75) is 0 Å². The topological polar surface area (TPSA) is 69.6 Å². The highest BCUT2D eigenvalue weighted by Crippen LogP contribution is 2.20. The number of fused-ring (bicyclic) bond motifs is 1. The molecule has 4 heteroatoms. The number of nitrogens with zero attached hydrogens (tertiary/aromatic N) is 1. The summed E-state index contributed by atoms with van der Waals surface area (Å²) in [4.78, 5) is 0. The van der Waals surface area contributed by atoms with Gasteiger partial charge in [-0.1, -0.05) is 0 Å². The number of rotatable bonds is 0. The first-order chi connectivity index (χ1) is 4.79. The van der Waals surface area contributed by atoms with Crippen LogP contribution in [0.4, 0.5) is 11.7 Å². The standard InChI is InChI=1S/C6H7N3O/c7-5-6(8)10-4-2-1-3-9(4)5/h1-3H,7-8H2. The van der Waals surface area contributed by atoms with Crippen molar-refractivity contribution in [2.24, 2.45) is 0 Å². The smallest absolute Gasteiger partial charge is 0.234 e. The van der Waals surface area contributed by atoms with Crippen LogP contribution >= 0.6 is 0 Å². The van der Waals surface area contributed by atoms with Gasteiger partial charge in [-0.15, -0.1) is 0 Å². The number of anilines is 2. The van der Waals surface area contributed by atoms with Crippen LogP contribution in [0.3, 0.4) is 0 Å². The molecule has 0 saturated heterocycles. The molecule has 0 unspecified atom stereocenters. The predicted molar refractivity (Wildman–Crippen MR) is 38.5 cm³/mol. The predicted octanol–water partition coefficient (Wildman–Crippen LogP) is 0.697. The van der Waals surface area contributed by atoms with E-state index < -0.39 is 0 Å². The Bertz CT molecular complexity index is 360. The number of hydrogen-bond donors (Lipinski definition) is 2. The van der Waals surface area contributed by atoms with E-state index in [2.05, 4.69) is 0 Å². The minimum absolute atomic E-state index is 0.274. The van der Waals surface area contributed by atoms with Gasteiger partial charge in [-0.3, -0.25) is 4.40 Å². The molecule has 0 spiro atoms. The SMILES string of the molecule is Nc1oc2cccn2c1N. The summed E-state index contributed by atoms with van der Waals surface area (Å²) in [5.41, 5.74) is 11.6. The van der Waals surface area contributed by atoms with Crippen LogP contribution in [-0.4, -0.2) is 4.40 Å². The molecule has 4 nitrogen and oxygen atoms in total. The van der Waals surface area contributed by atoms with Crippen molar-refractivity contribution in [1.82, 2.24) is 4.40 Å². The molecule has 4 N–H and O–H groups in total. The molecule has 10 heavy (non-hydrogen) atoms. The highest BCUT2D eigenvalue weighted by atomic mass is 16.4. The molecule has 0 aliphatic rings. The Kier molecular flexibility index (Phi) is 0.768. The lowest BCUT2D eigenvalue weighted by molar-refractivity contribution is 0.629. The first-order valence-corrected chi connectivity index (χ1v) is 2.90. The molecule has 52 valence electrons. The van der Waals surface area contributed by atoms with Gasteiger partial charge in [-0.2, -0.15) is 0 Å². The number of hydrogen-bond acceptors (Lipinski definition) is 3. The Balaban J connectivity index is 2.95. The van der Waals surface area contributed by atoms with Crippen molar-refractivity contribution in [1.29, 1.82) is 0 Å². The van der Waals surface area contributed by atoms with Gasteiger partial charge in [0.2, 0.25) is 11.6 Å². The van der Waals surface area contributed by atoms with Crippen LogP contribution in [0.5, 0.6) is 0 Å². The van der Waals surface area contributed by atoms with Crippen LogP contribution < -0.4 is 11.5 Å². The molecule has 0 aromatic carbocycles. The second-order valence-corrected chi connectivity index (χ2v) is 2.07. The first-order valence-electron chi connectivity index (χ1n) is 2.90. The Morgan fingerprint density at radius 3 is 2.90 bits per heavy atom. The van der Waals surface area contributed by atoms with Gasteiger partial charge in [0.1, 0.15) is 0 Å². The van der Waals surface area contributed by atoms with E-state index in [4.69, 9.17) is 15.9 Å². The first kappa shape index (κ1) is 5.22. The van der Waals surface area contributed by atoms with E-state index in [1.807, 2.05) is 6.07 Å². The van der Waals surface area contributed by atoms with Gasteiger partial charge < -0.3 is 15.9 Å². The zero-order chi connectivity index (χ0) is 7.14. The molecule has 2 heterocycles. The summed E-state index contributed by atoms with van der Waals surface area (Å²) in [6.07, 6.45) is 1.80. The van der Waals surface area contributed by atoms with Crippen LogP contribution in [0.2, 0.25) is 0 Å². The van der Waals surface area contributed by atoms with Gasteiger partial charge in [0.15, 0.2) is 5.82 Å². The quantitative estimate of drug-likeness (QED) is 0.561. The number of aromatic nitrogens is 1. The third-order valence-corrected chi connectivity index (χ3v) is 1.44. The molecule has 0 aliphatic heterocycles. The van der Waals surface area contributed by atoms with Crippen LogP contribution in [-0.2, 0) is 0 Å². The maximum atomic E-state index is 5.53. The fourth-order valence-electron chi connectivity index (χ4n) is 0.931. The molecule has 0 radical (unpaired) electrons. The summed E-state index contributed by atoms with van der Waals surface area (Å²) < 4.78 is 6.74. The van der Waals surface area contributed by atoms with Crippen molar-refractivity contribution >= 4 is 17.4 Å². The summed E-state index contributed by atoms with van der Waals surface area (Å²) in [6.45, 7) is 0. The van der Waals surface area contributed by atoms with Gasteiger partial charge in [-0.25, -0.2) is 0 Å². The summed E-state index contributed by atoms with van der Waals surface area (Å²) in [6, 6.07) is 3.64. The second-order valence-electron chi connectivity index (χ2n) is 2.07. The summed E-state index contributed by atoms with van der Waals surface area (Å²) in [7, 11) is 0. The lowest BCUT2D eigenvalue weighted by Crippen LogP contribution is -1.93. The minimum atomic E-state index is 0.274. The van der Waals surface area contributed by atoms with Gasteiger partial charge in [0.25, 0.3) is 0 Å². The van der Waals surface area contributed by atoms with E-state index in [0.29, 0.717) is 11.5 Å². The van der Waals surface area contributed by atoms with Crippen molar-refractivity contribution in [2.75, 3.05) is 11.5 Å². The molecule has 2 aromatic rings. The van der Waals surface area contributed by atoms with Crippen LogP contribution in [0.15, 0.2) is 22.7 Å². The van der Waals surface area contributed by atoms with Gasteiger partial charge >= 0.3 is 0 Å². The monoisotopic (exact) mass is 137 g/mol. The lowest BCUT2D eigenvalue weighted by Gasteiger charge is -1.85. The van der Waals surface area contributed by atoms with E-state index in [9.17, 15) is 0 Å². The average Bonchev–Trinajstić information content (AvgIpc) is 2.41. The minimum Gasteiger partial charge on any atom is -0.421 e. The van der Waals surface area contributed by atoms with Crippen LogP contribution in [0.25, 0.3) is 5.71 Å². The summed E-state index contributed by atoms with van der Waals surface area (Å²) in [5, 5.41) is 0.